The van der Waals surface area contributed by atoms with Crippen LogP contribution in [0.3, 0.4) is 0 Å². The Morgan fingerprint density at radius 2 is 1.86 bits per heavy atom. The SMILES string of the molecule is CN(C)c1ccc(-c2nc(C3CC(=O)N(CCCc4ccccc4)C3)no2)cc1. The molecule has 6 heteroatoms. The molecule has 1 aromatic heterocycles. The van der Waals surface area contributed by atoms with Gasteiger partial charge >= 0.3 is 0 Å². The molecule has 0 bridgehead atoms. The molecule has 3 aromatic rings. The molecule has 1 fully saturated rings. The summed E-state index contributed by atoms with van der Waals surface area (Å²) in [5.41, 5.74) is 3.30. The molecule has 1 unspecified atom stereocenters. The van der Waals surface area contributed by atoms with Crippen LogP contribution in [0.2, 0.25) is 0 Å². The minimum Gasteiger partial charge on any atom is -0.378 e. The van der Waals surface area contributed by atoms with Crippen LogP contribution in [0.15, 0.2) is 59.1 Å². The fourth-order valence-electron chi connectivity index (χ4n) is 3.70. The number of carbonyl (C=O) groups is 1. The first-order valence-corrected chi connectivity index (χ1v) is 10.0. The van der Waals surface area contributed by atoms with Crippen LogP contribution in [0.1, 0.15) is 30.1 Å². The summed E-state index contributed by atoms with van der Waals surface area (Å²) in [6.45, 7) is 1.42. The van der Waals surface area contributed by atoms with Crippen LogP contribution in [0.25, 0.3) is 11.5 Å². The second-order valence-electron chi connectivity index (χ2n) is 7.73. The maximum Gasteiger partial charge on any atom is 0.257 e. The molecule has 1 amide bonds. The number of amides is 1. The summed E-state index contributed by atoms with van der Waals surface area (Å²) >= 11 is 0. The maximum atomic E-state index is 12.4. The summed E-state index contributed by atoms with van der Waals surface area (Å²) in [7, 11) is 4.01. The largest absolute Gasteiger partial charge is 0.378 e. The average Bonchev–Trinajstić information content (AvgIpc) is 3.36. The van der Waals surface area contributed by atoms with Crippen molar-refractivity contribution in [1.29, 1.82) is 0 Å². The molecule has 0 saturated carbocycles. The van der Waals surface area contributed by atoms with E-state index in [-0.39, 0.29) is 11.8 Å². The summed E-state index contributed by atoms with van der Waals surface area (Å²) in [5.74, 6) is 1.29. The van der Waals surface area contributed by atoms with Crippen molar-refractivity contribution in [1.82, 2.24) is 15.0 Å². The number of benzene rings is 2. The molecule has 6 nitrogen and oxygen atoms in total. The van der Waals surface area contributed by atoms with Gasteiger partial charge in [0.15, 0.2) is 5.82 Å². The zero-order chi connectivity index (χ0) is 20.2. The van der Waals surface area contributed by atoms with Gasteiger partial charge in [0, 0.05) is 50.8 Å². The predicted octanol–water partition coefficient (Wildman–Crippen LogP) is 3.75. The Morgan fingerprint density at radius 1 is 1.10 bits per heavy atom. The van der Waals surface area contributed by atoms with E-state index in [2.05, 4.69) is 22.3 Å². The van der Waals surface area contributed by atoms with E-state index in [0.717, 1.165) is 30.6 Å². The number of carbonyl (C=O) groups excluding carboxylic acids is 1. The number of rotatable bonds is 7. The lowest BCUT2D eigenvalue weighted by atomic mass is 10.1. The zero-order valence-electron chi connectivity index (χ0n) is 16.9. The van der Waals surface area contributed by atoms with Crippen molar-refractivity contribution in [2.45, 2.75) is 25.2 Å². The lowest BCUT2D eigenvalue weighted by molar-refractivity contribution is -0.127. The van der Waals surface area contributed by atoms with Crippen molar-refractivity contribution < 1.29 is 9.32 Å². The molecule has 29 heavy (non-hydrogen) atoms. The van der Waals surface area contributed by atoms with E-state index >= 15 is 0 Å². The van der Waals surface area contributed by atoms with Crippen molar-refractivity contribution in [3.8, 4) is 11.5 Å². The number of aromatic nitrogens is 2. The van der Waals surface area contributed by atoms with Crippen molar-refractivity contribution in [2.75, 3.05) is 32.1 Å². The standard InChI is InChI=1S/C23H26N4O2/c1-26(2)20-12-10-18(11-13-20)23-24-22(25-29-23)19-15-21(28)27(16-19)14-6-9-17-7-4-3-5-8-17/h3-5,7-8,10-13,19H,6,9,14-16H2,1-2H3. The van der Waals surface area contributed by atoms with Gasteiger partial charge in [0.25, 0.3) is 5.89 Å². The third kappa shape index (κ3) is 4.47. The van der Waals surface area contributed by atoms with E-state index in [0.29, 0.717) is 24.7 Å². The molecule has 4 rings (SSSR count). The number of aryl methyl sites for hydroxylation is 1. The topological polar surface area (TPSA) is 62.5 Å². The first kappa shape index (κ1) is 19.2. The molecular weight excluding hydrogens is 364 g/mol. The zero-order valence-corrected chi connectivity index (χ0v) is 16.9. The van der Waals surface area contributed by atoms with Gasteiger partial charge < -0.3 is 14.3 Å². The fourth-order valence-corrected chi connectivity index (χ4v) is 3.70. The minimum absolute atomic E-state index is 0.00206. The lowest BCUT2D eigenvalue weighted by Gasteiger charge is -2.15. The van der Waals surface area contributed by atoms with Crippen molar-refractivity contribution >= 4 is 11.6 Å². The Balaban J connectivity index is 1.35. The highest BCUT2D eigenvalue weighted by Gasteiger charge is 2.33. The quantitative estimate of drug-likeness (QED) is 0.615. The average molecular weight is 390 g/mol. The Labute approximate surface area is 171 Å². The van der Waals surface area contributed by atoms with Crippen LogP contribution in [-0.2, 0) is 11.2 Å². The van der Waals surface area contributed by atoms with E-state index < -0.39 is 0 Å². The number of likely N-dealkylation sites (tertiary alicyclic amines) is 1. The molecule has 1 atom stereocenters. The summed E-state index contributed by atoms with van der Waals surface area (Å²) < 4.78 is 5.47. The van der Waals surface area contributed by atoms with Crippen LogP contribution in [0.5, 0.6) is 0 Å². The summed E-state index contributed by atoms with van der Waals surface area (Å²) in [4.78, 5) is 20.9. The van der Waals surface area contributed by atoms with Crippen LogP contribution in [0, 0.1) is 0 Å². The molecule has 0 spiro atoms. The molecule has 1 saturated heterocycles. The van der Waals surface area contributed by atoms with Gasteiger partial charge in [-0.1, -0.05) is 35.5 Å². The summed E-state index contributed by atoms with van der Waals surface area (Å²) in [5, 5.41) is 4.15. The number of nitrogens with zero attached hydrogens (tertiary/aromatic N) is 4. The van der Waals surface area contributed by atoms with E-state index in [1.807, 2.05) is 66.4 Å². The molecule has 150 valence electrons. The maximum absolute atomic E-state index is 12.4. The fraction of sp³-hybridized carbons (Fsp3) is 0.348. The van der Waals surface area contributed by atoms with Crippen LogP contribution < -0.4 is 4.90 Å². The van der Waals surface area contributed by atoms with Gasteiger partial charge in [-0.25, -0.2) is 0 Å². The van der Waals surface area contributed by atoms with Crippen LogP contribution in [0.4, 0.5) is 5.69 Å². The minimum atomic E-state index is -0.00206. The second-order valence-corrected chi connectivity index (χ2v) is 7.73. The first-order valence-electron chi connectivity index (χ1n) is 10.0. The Kier molecular flexibility index (Phi) is 5.60. The Hall–Kier alpha value is -3.15. The monoisotopic (exact) mass is 390 g/mol. The van der Waals surface area contributed by atoms with Gasteiger partial charge in [0.2, 0.25) is 5.91 Å². The molecule has 2 heterocycles. The number of hydrogen-bond acceptors (Lipinski definition) is 5. The van der Waals surface area contributed by atoms with Gasteiger partial charge in [-0.3, -0.25) is 4.79 Å². The molecule has 1 aliphatic heterocycles. The smallest absolute Gasteiger partial charge is 0.257 e. The van der Waals surface area contributed by atoms with E-state index in [4.69, 9.17) is 4.52 Å². The molecular formula is C23H26N4O2. The number of hydrogen-bond donors (Lipinski definition) is 0. The highest BCUT2D eigenvalue weighted by atomic mass is 16.5. The Bertz CT molecular complexity index is 951. The molecule has 0 N–H and O–H groups in total. The van der Waals surface area contributed by atoms with Crippen molar-refractivity contribution in [3.63, 3.8) is 0 Å². The van der Waals surface area contributed by atoms with Gasteiger partial charge in [0.1, 0.15) is 0 Å². The third-order valence-electron chi connectivity index (χ3n) is 5.39. The summed E-state index contributed by atoms with van der Waals surface area (Å²) in [6, 6.07) is 18.4. The van der Waals surface area contributed by atoms with Crippen LogP contribution in [-0.4, -0.2) is 48.1 Å². The van der Waals surface area contributed by atoms with Crippen molar-refractivity contribution in [2.24, 2.45) is 0 Å². The molecule has 0 radical (unpaired) electrons. The van der Waals surface area contributed by atoms with E-state index in [1.54, 1.807) is 0 Å². The molecule has 1 aliphatic rings. The van der Waals surface area contributed by atoms with Crippen molar-refractivity contribution in [3.05, 3.63) is 66.0 Å². The lowest BCUT2D eigenvalue weighted by Crippen LogP contribution is -2.26. The Morgan fingerprint density at radius 3 is 2.59 bits per heavy atom. The number of anilines is 1. The van der Waals surface area contributed by atoms with Gasteiger partial charge in [-0.2, -0.15) is 4.98 Å². The predicted molar refractivity (Wildman–Crippen MR) is 113 cm³/mol. The summed E-state index contributed by atoms with van der Waals surface area (Å²) in [6.07, 6.45) is 2.38. The van der Waals surface area contributed by atoms with Gasteiger partial charge in [-0.15, -0.1) is 0 Å². The second kappa shape index (κ2) is 8.47. The highest BCUT2D eigenvalue weighted by Crippen LogP contribution is 2.29. The first-order chi connectivity index (χ1) is 14.1. The van der Waals surface area contributed by atoms with Crippen LogP contribution >= 0.6 is 0 Å². The van der Waals surface area contributed by atoms with Gasteiger partial charge in [0.05, 0.1) is 0 Å². The third-order valence-corrected chi connectivity index (χ3v) is 5.39. The molecule has 2 aromatic carbocycles. The van der Waals surface area contributed by atoms with E-state index in [9.17, 15) is 4.79 Å². The normalized spacial score (nSPS) is 16.4. The highest BCUT2D eigenvalue weighted by molar-refractivity contribution is 5.79. The van der Waals surface area contributed by atoms with Gasteiger partial charge in [-0.05, 0) is 42.7 Å². The van der Waals surface area contributed by atoms with E-state index in [1.165, 1.54) is 5.56 Å². The molecule has 0 aliphatic carbocycles.